The van der Waals surface area contributed by atoms with Crippen molar-refractivity contribution in [2.24, 2.45) is 11.7 Å². The van der Waals surface area contributed by atoms with E-state index in [1.165, 1.54) is 10.4 Å². The number of rotatable bonds is 3. The van der Waals surface area contributed by atoms with Crippen molar-refractivity contribution in [2.75, 3.05) is 19.6 Å². The number of hydrogen-bond donors (Lipinski definition) is 1. The molecule has 2 rings (SSSR count). The monoisotopic (exact) mass is 342 g/mol. The molecule has 0 spiro atoms. The molecule has 1 aromatic carbocycles. The van der Waals surface area contributed by atoms with Crippen molar-refractivity contribution in [3.8, 4) is 0 Å². The van der Waals surface area contributed by atoms with E-state index in [1.54, 1.807) is 0 Å². The van der Waals surface area contributed by atoms with E-state index in [0.29, 0.717) is 19.6 Å². The van der Waals surface area contributed by atoms with Crippen LogP contribution in [0.25, 0.3) is 0 Å². The molecule has 2 N–H and O–H groups in total. The second kappa shape index (κ2) is 7.04. The molecule has 1 fully saturated rings. The van der Waals surface area contributed by atoms with Crippen molar-refractivity contribution in [2.45, 2.75) is 17.7 Å². The summed E-state index contributed by atoms with van der Waals surface area (Å²) >= 11 is 5.75. The van der Waals surface area contributed by atoms with E-state index in [-0.39, 0.29) is 28.2 Å². The molecule has 1 aromatic rings. The molecule has 1 saturated heterocycles. The molecule has 1 aliphatic rings. The molecule has 1 unspecified atom stereocenters. The maximum Gasteiger partial charge on any atom is 0.246 e. The van der Waals surface area contributed by atoms with E-state index >= 15 is 0 Å². The first-order valence-electron chi connectivity index (χ1n) is 6.10. The van der Waals surface area contributed by atoms with E-state index in [1.807, 2.05) is 0 Å². The first kappa shape index (κ1) is 17.7. The molecule has 0 amide bonds. The number of piperidine rings is 1. The first-order valence-corrected chi connectivity index (χ1v) is 7.92. The highest BCUT2D eigenvalue weighted by molar-refractivity contribution is 7.89. The van der Waals surface area contributed by atoms with Gasteiger partial charge in [0.2, 0.25) is 10.0 Å². The third-order valence-corrected chi connectivity index (χ3v) is 5.44. The van der Waals surface area contributed by atoms with Gasteiger partial charge in [0.25, 0.3) is 0 Å². The van der Waals surface area contributed by atoms with Crippen LogP contribution in [-0.4, -0.2) is 32.4 Å². The highest BCUT2D eigenvalue weighted by atomic mass is 35.5. The van der Waals surface area contributed by atoms with E-state index in [0.717, 1.165) is 25.0 Å². The predicted octanol–water partition coefficient (Wildman–Crippen LogP) is 2.26. The molecule has 1 heterocycles. The lowest BCUT2D eigenvalue weighted by atomic mass is 10.0. The molecule has 0 aromatic heterocycles. The van der Waals surface area contributed by atoms with Gasteiger partial charge in [-0.3, -0.25) is 0 Å². The fourth-order valence-electron chi connectivity index (χ4n) is 2.25. The number of sulfonamides is 1. The zero-order valence-corrected chi connectivity index (χ0v) is 13.1. The van der Waals surface area contributed by atoms with Gasteiger partial charge in [-0.15, -0.1) is 12.4 Å². The normalized spacial score (nSPS) is 20.4. The lowest BCUT2D eigenvalue weighted by Gasteiger charge is -2.31. The highest BCUT2D eigenvalue weighted by Crippen LogP contribution is 2.26. The molecule has 8 heteroatoms. The molecule has 20 heavy (non-hydrogen) atoms. The fourth-order valence-corrected chi connectivity index (χ4v) is 4.13. The van der Waals surface area contributed by atoms with Gasteiger partial charge in [-0.2, -0.15) is 4.31 Å². The standard InChI is InChI=1S/C12H16ClFN2O2S.ClH/c13-10-3-4-11(14)12(6-10)19(17,18)16-5-1-2-9(7-15)8-16;/h3-4,6,9H,1-2,5,7-8,15H2;1H. The van der Waals surface area contributed by atoms with Gasteiger partial charge in [0.05, 0.1) is 0 Å². The average Bonchev–Trinajstić information content (AvgIpc) is 2.41. The quantitative estimate of drug-likeness (QED) is 0.916. The summed E-state index contributed by atoms with van der Waals surface area (Å²) in [5.41, 5.74) is 5.58. The molecule has 1 atom stereocenters. The van der Waals surface area contributed by atoms with Gasteiger partial charge in [-0.1, -0.05) is 11.6 Å². The summed E-state index contributed by atoms with van der Waals surface area (Å²) in [6.45, 7) is 1.17. The van der Waals surface area contributed by atoms with Gasteiger partial charge in [-0.05, 0) is 43.5 Å². The van der Waals surface area contributed by atoms with Crippen LogP contribution in [0.5, 0.6) is 0 Å². The minimum Gasteiger partial charge on any atom is -0.330 e. The van der Waals surface area contributed by atoms with E-state index in [4.69, 9.17) is 17.3 Å². The molecule has 4 nitrogen and oxygen atoms in total. The Balaban J connectivity index is 0.00000200. The molecule has 1 aliphatic heterocycles. The Labute approximate surface area is 129 Å². The second-order valence-corrected chi connectivity index (χ2v) is 7.02. The zero-order chi connectivity index (χ0) is 14.0. The lowest BCUT2D eigenvalue weighted by Crippen LogP contribution is -2.42. The SMILES string of the molecule is Cl.NCC1CCCN(S(=O)(=O)c2cc(Cl)ccc2F)C1. The summed E-state index contributed by atoms with van der Waals surface area (Å²) in [5, 5.41) is 0.201. The number of nitrogens with zero attached hydrogens (tertiary/aromatic N) is 1. The van der Waals surface area contributed by atoms with Crippen LogP contribution in [0.3, 0.4) is 0 Å². The van der Waals surface area contributed by atoms with Crippen LogP contribution in [0.4, 0.5) is 4.39 Å². The van der Waals surface area contributed by atoms with Crippen molar-refractivity contribution in [3.05, 3.63) is 29.0 Å². The maximum absolute atomic E-state index is 13.7. The maximum atomic E-state index is 13.7. The topological polar surface area (TPSA) is 63.4 Å². The molecule has 0 aliphatic carbocycles. The van der Waals surface area contributed by atoms with Crippen LogP contribution in [0, 0.1) is 11.7 Å². The zero-order valence-electron chi connectivity index (χ0n) is 10.8. The number of hydrogen-bond acceptors (Lipinski definition) is 3. The van der Waals surface area contributed by atoms with Gasteiger partial charge < -0.3 is 5.73 Å². The van der Waals surface area contributed by atoms with Crippen molar-refractivity contribution in [1.82, 2.24) is 4.31 Å². The third kappa shape index (κ3) is 3.62. The summed E-state index contributed by atoms with van der Waals surface area (Å²) in [7, 11) is -3.84. The Morgan fingerprint density at radius 2 is 2.15 bits per heavy atom. The van der Waals surface area contributed by atoms with Crippen molar-refractivity contribution in [3.63, 3.8) is 0 Å². The molecular formula is C12H17Cl2FN2O2S. The Bertz CT molecular complexity index is 569. The van der Waals surface area contributed by atoms with Crippen molar-refractivity contribution in [1.29, 1.82) is 0 Å². The summed E-state index contributed by atoms with van der Waals surface area (Å²) in [6.07, 6.45) is 1.64. The fraction of sp³-hybridized carbons (Fsp3) is 0.500. The molecule has 0 bridgehead atoms. The van der Waals surface area contributed by atoms with Gasteiger partial charge in [-0.25, -0.2) is 12.8 Å². The van der Waals surface area contributed by atoms with Crippen LogP contribution < -0.4 is 5.73 Å². The predicted molar refractivity (Wildman–Crippen MR) is 79.2 cm³/mol. The minimum absolute atomic E-state index is 0. The Hall–Kier alpha value is -0.400. The van der Waals surface area contributed by atoms with Crippen LogP contribution in [0.15, 0.2) is 23.1 Å². The van der Waals surface area contributed by atoms with Crippen LogP contribution in [0.2, 0.25) is 5.02 Å². The van der Waals surface area contributed by atoms with Gasteiger partial charge in [0.1, 0.15) is 10.7 Å². The van der Waals surface area contributed by atoms with Gasteiger partial charge >= 0.3 is 0 Å². The molecule has 0 saturated carbocycles. The Morgan fingerprint density at radius 1 is 1.45 bits per heavy atom. The van der Waals surface area contributed by atoms with Crippen LogP contribution in [0.1, 0.15) is 12.8 Å². The highest BCUT2D eigenvalue weighted by Gasteiger charge is 2.31. The van der Waals surface area contributed by atoms with E-state index in [9.17, 15) is 12.8 Å². The third-order valence-electron chi connectivity index (χ3n) is 3.33. The first-order chi connectivity index (χ1) is 8.95. The average molecular weight is 343 g/mol. The molecule has 114 valence electrons. The second-order valence-electron chi connectivity index (χ2n) is 4.68. The number of benzene rings is 1. The molecular weight excluding hydrogens is 326 g/mol. The largest absolute Gasteiger partial charge is 0.330 e. The Kier molecular flexibility index (Phi) is 6.22. The van der Waals surface area contributed by atoms with Crippen LogP contribution in [-0.2, 0) is 10.0 Å². The van der Waals surface area contributed by atoms with E-state index in [2.05, 4.69) is 0 Å². The smallest absolute Gasteiger partial charge is 0.246 e. The summed E-state index contributed by atoms with van der Waals surface area (Å²) in [6, 6.07) is 3.55. The minimum atomic E-state index is -3.84. The van der Waals surface area contributed by atoms with Gasteiger partial charge in [0.15, 0.2) is 0 Å². The van der Waals surface area contributed by atoms with Crippen molar-refractivity contribution < 1.29 is 12.8 Å². The number of nitrogens with two attached hydrogens (primary N) is 1. The van der Waals surface area contributed by atoms with Crippen LogP contribution >= 0.6 is 24.0 Å². The summed E-state index contributed by atoms with van der Waals surface area (Å²) in [5.74, 6) is -0.648. The Morgan fingerprint density at radius 3 is 2.80 bits per heavy atom. The van der Waals surface area contributed by atoms with E-state index < -0.39 is 15.8 Å². The number of halogens is 3. The summed E-state index contributed by atoms with van der Waals surface area (Å²) in [4.78, 5) is -0.363. The lowest BCUT2D eigenvalue weighted by molar-refractivity contribution is 0.270. The van der Waals surface area contributed by atoms with Gasteiger partial charge in [0, 0.05) is 18.1 Å². The van der Waals surface area contributed by atoms with Crippen molar-refractivity contribution >= 4 is 34.0 Å². The molecule has 0 radical (unpaired) electrons. The summed E-state index contributed by atoms with van der Waals surface area (Å²) < 4.78 is 39.8.